The number of anilines is 2. The third kappa shape index (κ3) is 4.66. The van der Waals surface area contributed by atoms with E-state index < -0.39 is 21.9 Å². The summed E-state index contributed by atoms with van der Waals surface area (Å²) in [7, 11) is -3.99. The fourth-order valence-electron chi connectivity index (χ4n) is 2.83. The summed E-state index contributed by atoms with van der Waals surface area (Å²) < 4.78 is 28.2. The van der Waals surface area contributed by atoms with Crippen LogP contribution >= 0.6 is 0 Å². The summed E-state index contributed by atoms with van der Waals surface area (Å²) in [6.07, 6.45) is 0. The van der Waals surface area contributed by atoms with Crippen LogP contribution in [-0.4, -0.2) is 25.4 Å². The number of sulfonamides is 1. The Morgan fingerprint density at radius 1 is 0.833 bits per heavy atom. The molecule has 1 amide bonds. The van der Waals surface area contributed by atoms with Gasteiger partial charge in [0.2, 0.25) is 0 Å². The van der Waals surface area contributed by atoms with Gasteiger partial charge in [-0.05, 0) is 67.4 Å². The summed E-state index contributed by atoms with van der Waals surface area (Å²) in [6.45, 7) is 3.49. The molecule has 8 heteroatoms. The first-order chi connectivity index (χ1) is 14.2. The molecule has 0 aromatic heterocycles. The van der Waals surface area contributed by atoms with Crippen LogP contribution in [0, 0.1) is 13.8 Å². The predicted molar refractivity (Wildman–Crippen MR) is 115 cm³/mol. The molecule has 0 saturated carbocycles. The van der Waals surface area contributed by atoms with Gasteiger partial charge in [-0.15, -0.1) is 0 Å². The van der Waals surface area contributed by atoms with E-state index in [1.54, 1.807) is 31.2 Å². The summed E-state index contributed by atoms with van der Waals surface area (Å²) in [6, 6.07) is 17.1. The minimum atomic E-state index is -3.99. The Balaban J connectivity index is 1.87. The molecule has 0 fully saturated rings. The van der Waals surface area contributed by atoms with Crippen molar-refractivity contribution in [1.82, 2.24) is 0 Å². The van der Waals surface area contributed by atoms with Crippen LogP contribution in [0.1, 0.15) is 31.8 Å². The molecule has 0 bridgehead atoms. The van der Waals surface area contributed by atoms with Gasteiger partial charge in [0, 0.05) is 16.9 Å². The van der Waals surface area contributed by atoms with E-state index >= 15 is 0 Å². The predicted octanol–water partition coefficient (Wildman–Crippen LogP) is 4.05. The minimum Gasteiger partial charge on any atom is -0.478 e. The summed E-state index contributed by atoms with van der Waals surface area (Å²) in [4.78, 5) is 23.5. The highest BCUT2D eigenvalue weighted by molar-refractivity contribution is 7.92. The number of aryl methyl sites for hydroxylation is 2. The highest BCUT2D eigenvalue weighted by Gasteiger charge is 2.20. The smallest absolute Gasteiger partial charge is 0.335 e. The maximum absolute atomic E-state index is 12.9. The fourth-order valence-corrected chi connectivity index (χ4v) is 4.16. The number of carbonyl (C=O) groups excluding carboxylic acids is 1. The molecule has 3 rings (SSSR count). The summed E-state index contributed by atoms with van der Waals surface area (Å²) in [5.74, 6) is -1.53. The number of nitrogens with one attached hydrogen (secondary N) is 2. The van der Waals surface area contributed by atoms with Gasteiger partial charge in [-0.25, -0.2) is 13.2 Å². The molecule has 0 aliphatic heterocycles. The highest BCUT2D eigenvalue weighted by Crippen LogP contribution is 2.22. The molecule has 0 unspecified atom stereocenters. The lowest BCUT2D eigenvalue weighted by Crippen LogP contribution is -2.17. The van der Waals surface area contributed by atoms with Crippen LogP contribution in [0.5, 0.6) is 0 Å². The maximum atomic E-state index is 12.9. The second-order valence-corrected chi connectivity index (χ2v) is 8.39. The van der Waals surface area contributed by atoms with Crippen LogP contribution in [0.4, 0.5) is 11.4 Å². The largest absolute Gasteiger partial charge is 0.478 e. The number of hydrogen-bond acceptors (Lipinski definition) is 4. The van der Waals surface area contributed by atoms with Crippen molar-refractivity contribution in [2.45, 2.75) is 18.7 Å². The van der Waals surface area contributed by atoms with E-state index in [4.69, 9.17) is 5.11 Å². The van der Waals surface area contributed by atoms with Gasteiger partial charge in [0.25, 0.3) is 15.9 Å². The number of carboxylic acid groups (broad SMARTS) is 1. The van der Waals surface area contributed by atoms with E-state index in [1.165, 1.54) is 30.3 Å². The first-order valence-corrected chi connectivity index (χ1v) is 10.5. The van der Waals surface area contributed by atoms with Crippen molar-refractivity contribution < 1.29 is 23.1 Å². The van der Waals surface area contributed by atoms with Gasteiger partial charge in [0.05, 0.1) is 10.5 Å². The van der Waals surface area contributed by atoms with E-state index in [1.807, 2.05) is 19.1 Å². The Kier molecular flexibility index (Phi) is 5.89. The molecule has 7 nitrogen and oxygen atoms in total. The minimum absolute atomic E-state index is 0.0396. The van der Waals surface area contributed by atoms with E-state index in [0.717, 1.165) is 5.56 Å². The van der Waals surface area contributed by atoms with E-state index in [9.17, 15) is 18.0 Å². The van der Waals surface area contributed by atoms with Crippen molar-refractivity contribution in [2.24, 2.45) is 0 Å². The third-order valence-electron chi connectivity index (χ3n) is 4.52. The number of aromatic carboxylic acids is 1. The van der Waals surface area contributed by atoms with Crippen LogP contribution in [0.3, 0.4) is 0 Å². The molecular formula is C22H20N2O5S. The van der Waals surface area contributed by atoms with E-state index in [0.29, 0.717) is 11.3 Å². The van der Waals surface area contributed by atoms with Gasteiger partial charge in [0.1, 0.15) is 0 Å². The van der Waals surface area contributed by atoms with Crippen LogP contribution in [0.2, 0.25) is 0 Å². The van der Waals surface area contributed by atoms with Crippen molar-refractivity contribution in [3.05, 3.63) is 89.0 Å². The van der Waals surface area contributed by atoms with Gasteiger partial charge >= 0.3 is 5.97 Å². The van der Waals surface area contributed by atoms with Crippen molar-refractivity contribution in [1.29, 1.82) is 0 Å². The molecule has 154 valence electrons. The normalized spacial score (nSPS) is 11.0. The lowest BCUT2D eigenvalue weighted by molar-refractivity contribution is 0.0696. The zero-order chi connectivity index (χ0) is 21.9. The number of rotatable bonds is 6. The number of amides is 1. The van der Waals surface area contributed by atoms with Crippen LogP contribution in [0.25, 0.3) is 0 Å². The molecule has 0 aliphatic carbocycles. The highest BCUT2D eigenvalue weighted by atomic mass is 32.2. The molecule has 0 heterocycles. The monoisotopic (exact) mass is 424 g/mol. The van der Waals surface area contributed by atoms with Crippen molar-refractivity contribution in [3.8, 4) is 0 Å². The first-order valence-electron chi connectivity index (χ1n) is 9.01. The van der Waals surface area contributed by atoms with Gasteiger partial charge < -0.3 is 10.4 Å². The molecule has 0 saturated heterocycles. The number of para-hydroxylation sites is 1. The van der Waals surface area contributed by atoms with Gasteiger partial charge in [0.15, 0.2) is 0 Å². The Bertz CT molecular complexity index is 1220. The summed E-state index contributed by atoms with van der Waals surface area (Å²) in [5, 5.41) is 11.7. The second-order valence-electron chi connectivity index (χ2n) is 6.74. The molecule has 0 atom stereocenters. The number of carbonyl (C=O) groups is 2. The van der Waals surface area contributed by atoms with E-state index in [-0.39, 0.29) is 21.7 Å². The molecule has 3 N–H and O–H groups in total. The first kappa shape index (κ1) is 21.1. The quantitative estimate of drug-likeness (QED) is 0.552. The number of benzene rings is 3. The van der Waals surface area contributed by atoms with Crippen molar-refractivity contribution in [3.63, 3.8) is 0 Å². The topological polar surface area (TPSA) is 113 Å². The molecular weight excluding hydrogens is 404 g/mol. The average molecular weight is 424 g/mol. The standard InChI is InChI=1S/C22H20N2O5S/c1-14-5-3-4-6-19(14)23-21(25)17-8-7-15(2)20(13-17)30(28,29)24-18-11-9-16(10-12-18)22(26)27/h3-13,24H,1-2H3,(H,23,25)(H,26,27). The van der Waals surface area contributed by atoms with Crippen LogP contribution in [-0.2, 0) is 10.0 Å². The molecule has 30 heavy (non-hydrogen) atoms. The Morgan fingerprint density at radius 2 is 1.47 bits per heavy atom. The number of carboxylic acids is 1. The Labute approximate surface area is 174 Å². The molecule has 3 aromatic rings. The van der Waals surface area contributed by atoms with Gasteiger partial charge in [-0.1, -0.05) is 24.3 Å². The molecule has 0 spiro atoms. The van der Waals surface area contributed by atoms with E-state index in [2.05, 4.69) is 10.0 Å². The van der Waals surface area contributed by atoms with Gasteiger partial charge in [-0.3, -0.25) is 9.52 Å². The maximum Gasteiger partial charge on any atom is 0.335 e. The summed E-state index contributed by atoms with van der Waals surface area (Å²) in [5.41, 5.74) is 2.46. The van der Waals surface area contributed by atoms with Crippen LogP contribution < -0.4 is 10.0 Å². The van der Waals surface area contributed by atoms with Crippen molar-refractivity contribution >= 4 is 33.3 Å². The van der Waals surface area contributed by atoms with Crippen LogP contribution in [0.15, 0.2) is 71.6 Å². The SMILES string of the molecule is Cc1ccccc1NC(=O)c1ccc(C)c(S(=O)(=O)Nc2ccc(C(=O)O)cc2)c1. The third-order valence-corrected chi connectivity index (χ3v) is 6.04. The second kappa shape index (κ2) is 8.38. The average Bonchev–Trinajstić information content (AvgIpc) is 2.70. The lowest BCUT2D eigenvalue weighted by atomic mass is 10.1. The Morgan fingerprint density at radius 3 is 2.10 bits per heavy atom. The lowest BCUT2D eigenvalue weighted by Gasteiger charge is -2.13. The zero-order valence-electron chi connectivity index (χ0n) is 16.3. The zero-order valence-corrected chi connectivity index (χ0v) is 17.2. The molecule has 0 aliphatic rings. The van der Waals surface area contributed by atoms with Gasteiger partial charge in [-0.2, -0.15) is 0 Å². The van der Waals surface area contributed by atoms with Crippen molar-refractivity contribution in [2.75, 3.05) is 10.0 Å². The molecule has 3 aromatic carbocycles. The summed E-state index contributed by atoms with van der Waals surface area (Å²) >= 11 is 0. The number of hydrogen-bond donors (Lipinski definition) is 3. The molecule has 0 radical (unpaired) electrons. The Hall–Kier alpha value is -3.65. The fraction of sp³-hybridized carbons (Fsp3) is 0.0909.